The van der Waals surface area contributed by atoms with E-state index in [-0.39, 0.29) is 12.4 Å². The topological polar surface area (TPSA) is 3.24 Å². The van der Waals surface area contributed by atoms with Gasteiger partial charge in [-0.05, 0) is 66.5 Å². The zero-order valence-electron chi connectivity index (χ0n) is 20.1. The van der Waals surface area contributed by atoms with Gasteiger partial charge in [-0.15, -0.1) is 12.4 Å². The van der Waals surface area contributed by atoms with Crippen LogP contribution in [0.1, 0.15) is 93.4 Å². The molecule has 0 saturated carbocycles. The van der Waals surface area contributed by atoms with E-state index in [2.05, 4.69) is 60.4 Å². The minimum atomic E-state index is 0. The molecule has 174 valence electrons. The van der Waals surface area contributed by atoms with Crippen molar-refractivity contribution in [2.75, 3.05) is 19.6 Å². The fourth-order valence-corrected chi connectivity index (χ4v) is 5.53. The highest BCUT2D eigenvalue weighted by Gasteiger charge is 2.23. The number of unbranched alkanes of at least 4 members (excludes halogenated alkanes) is 7. The lowest BCUT2D eigenvalue weighted by atomic mass is 9.86. The summed E-state index contributed by atoms with van der Waals surface area (Å²) < 4.78 is 0. The van der Waals surface area contributed by atoms with E-state index in [0.29, 0.717) is 0 Å². The van der Waals surface area contributed by atoms with Crippen LogP contribution in [0.25, 0.3) is 5.57 Å². The summed E-state index contributed by atoms with van der Waals surface area (Å²) in [6.07, 6.45) is 16.1. The normalized spacial score (nSPS) is 16.2. The van der Waals surface area contributed by atoms with Crippen LogP contribution in [0, 0.1) is 0 Å². The Morgan fingerprint density at radius 3 is 1.69 bits per heavy atom. The molecule has 0 aromatic heterocycles. The van der Waals surface area contributed by atoms with E-state index in [1.165, 1.54) is 106 Å². The number of hydrogen-bond donors (Lipinski definition) is 0. The van der Waals surface area contributed by atoms with Crippen LogP contribution in [0.2, 0.25) is 0 Å². The molecule has 0 radical (unpaired) electrons. The van der Waals surface area contributed by atoms with E-state index in [4.69, 9.17) is 0 Å². The molecule has 0 N–H and O–H groups in total. The molecule has 0 spiro atoms. The lowest BCUT2D eigenvalue weighted by molar-refractivity contribution is 0.251. The smallest absolute Gasteiger partial charge is 0.00190 e. The van der Waals surface area contributed by atoms with Crippen LogP contribution in [-0.2, 0) is 12.8 Å². The highest BCUT2D eigenvalue weighted by atomic mass is 35.5. The van der Waals surface area contributed by atoms with Crippen LogP contribution in [0.4, 0.5) is 0 Å². The van der Waals surface area contributed by atoms with Crippen LogP contribution < -0.4 is 0 Å². The summed E-state index contributed by atoms with van der Waals surface area (Å²) >= 11 is 0. The van der Waals surface area contributed by atoms with Gasteiger partial charge in [0, 0.05) is 13.1 Å². The first-order valence-corrected chi connectivity index (χ1v) is 13.0. The number of halogens is 1. The fourth-order valence-electron chi connectivity index (χ4n) is 5.53. The van der Waals surface area contributed by atoms with Gasteiger partial charge >= 0.3 is 0 Å². The number of benzene rings is 2. The summed E-state index contributed by atoms with van der Waals surface area (Å²) in [7, 11) is 0. The third kappa shape index (κ3) is 6.49. The minimum absolute atomic E-state index is 0. The highest BCUT2D eigenvalue weighted by molar-refractivity contribution is 5.86. The molecule has 0 amide bonds. The minimum Gasteiger partial charge on any atom is -0.303 e. The van der Waals surface area contributed by atoms with Crippen LogP contribution in [-0.4, -0.2) is 24.5 Å². The number of piperidine rings is 1. The van der Waals surface area contributed by atoms with E-state index in [9.17, 15) is 0 Å². The van der Waals surface area contributed by atoms with Gasteiger partial charge in [0.15, 0.2) is 0 Å². The van der Waals surface area contributed by atoms with E-state index in [1.54, 1.807) is 11.1 Å². The molecule has 32 heavy (non-hydrogen) atoms. The third-order valence-electron chi connectivity index (χ3n) is 7.38. The molecule has 1 nitrogen and oxygen atoms in total. The van der Waals surface area contributed by atoms with Gasteiger partial charge in [-0.2, -0.15) is 0 Å². The van der Waals surface area contributed by atoms with E-state index in [0.717, 1.165) is 12.8 Å². The Kier molecular flexibility index (Phi) is 10.3. The molecule has 1 aliphatic heterocycles. The second kappa shape index (κ2) is 13.2. The summed E-state index contributed by atoms with van der Waals surface area (Å²) in [6.45, 7) is 6.07. The van der Waals surface area contributed by atoms with Crippen molar-refractivity contribution in [3.63, 3.8) is 0 Å². The van der Waals surface area contributed by atoms with Crippen molar-refractivity contribution in [2.24, 2.45) is 0 Å². The van der Waals surface area contributed by atoms with E-state index < -0.39 is 0 Å². The van der Waals surface area contributed by atoms with Gasteiger partial charge in [0.2, 0.25) is 0 Å². The van der Waals surface area contributed by atoms with Gasteiger partial charge in [0.05, 0.1) is 0 Å². The summed E-state index contributed by atoms with van der Waals surface area (Å²) in [4.78, 5) is 2.72. The second-order valence-corrected chi connectivity index (χ2v) is 9.61. The van der Waals surface area contributed by atoms with Crippen molar-refractivity contribution < 1.29 is 0 Å². The Balaban J connectivity index is 0.00000289. The SMILES string of the molecule is CCCCCCCCCCN1CCC(=C2c3ccccc3CCc3ccccc32)CC1.Cl. The average Bonchev–Trinajstić information content (AvgIpc) is 2.98. The van der Waals surface area contributed by atoms with Crippen LogP contribution in [0.5, 0.6) is 0 Å². The molecule has 2 aromatic rings. The number of rotatable bonds is 9. The molecular formula is C30H42ClN. The highest BCUT2D eigenvalue weighted by Crippen LogP contribution is 2.38. The maximum Gasteiger partial charge on any atom is 0.00190 e. The quantitative estimate of drug-likeness (QED) is 0.347. The molecule has 0 atom stereocenters. The Morgan fingerprint density at radius 1 is 0.625 bits per heavy atom. The maximum absolute atomic E-state index is 2.72. The van der Waals surface area contributed by atoms with Gasteiger partial charge in [-0.1, -0.05) is 106 Å². The molecule has 1 saturated heterocycles. The van der Waals surface area contributed by atoms with Gasteiger partial charge in [0.25, 0.3) is 0 Å². The number of nitrogens with zero attached hydrogens (tertiary/aromatic N) is 1. The maximum atomic E-state index is 2.72. The summed E-state index contributed by atoms with van der Waals surface area (Å²) in [5.74, 6) is 0. The molecular weight excluding hydrogens is 410 g/mol. The average molecular weight is 452 g/mol. The third-order valence-corrected chi connectivity index (χ3v) is 7.38. The Bertz CT molecular complexity index is 809. The summed E-state index contributed by atoms with van der Waals surface area (Å²) in [6, 6.07) is 18.3. The first kappa shape index (κ1) is 25.1. The Hall–Kier alpha value is -1.57. The Morgan fingerprint density at radius 2 is 1.12 bits per heavy atom. The zero-order valence-corrected chi connectivity index (χ0v) is 20.9. The number of aryl methyl sites for hydroxylation is 2. The number of likely N-dealkylation sites (tertiary alicyclic amines) is 1. The standard InChI is InChI=1S/C30H41N.ClH/c1-2-3-4-5-6-7-8-13-22-31-23-20-27(21-24-31)30-28-16-11-9-14-25(28)18-19-26-15-10-12-17-29(26)30;/h9-12,14-17H,2-8,13,18-24H2,1H3;1H. The lowest BCUT2D eigenvalue weighted by Crippen LogP contribution is -2.32. The van der Waals surface area contributed by atoms with Gasteiger partial charge in [-0.3, -0.25) is 0 Å². The second-order valence-electron chi connectivity index (χ2n) is 9.61. The predicted octanol–water partition coefficient (Wildman–Crippen LogP) is 8.25. The lowest BCUT2D eigenvalue weighted by Gasteiger charge is -2.30. The first-order valence-electron chi connectivity index (χ1n) is 13.0. The molecule has 4 rings (SSSR count). The summed E-state index contributed by atoms with van der Waals surface area (Å²) in [5.41, 5.74) is 9.31. The first-order chi connectivity index (χ1) is 15.4. The van der Waals surface area contributed by atoms with Crippen molar-refractivity contribution in [2.45, 2.75) is 84.0 Å². The monoisotopic (exact) mass is 451 g/mol. The van der Waals surface area contributed by atoms with E-state index in [1.807, 2.05) is 0 Å². The van der Waals surface area contributed by atoms with Crippen molar-refractivity contribution in [3.05, 3.63) is 76.4 Å². The van der Waals surface area contributed by atoms with Gasteiger partial charge in [0.1, 0.15) is 0 Å². The number of fused-ring (bicyclic) bond motifs is 2. The molecule has 1 heterocycles. The van der Waals surface area contributed by atoms with Crippen LogP contribution in [0.15, 0.2) is 54.1 Å². The van der Waals surface area contributed by atoms with Crippen molar-refractivity contribution >= 4 is 18.0 Å². The fraction of sp³-hybridized carbons (Fsp3) is 0.533. The molecule has 1 fully saturated rings. The largest absolute Gasteiger partial charge is 0.303 e. The molecule has 2 heteroatoms. The molecule has 2 aromatic carbocycles. The Labute approximate surface area is 202 Å². The van der Waals surface area contributed by atoms with E-state index >= 15 is 0 Å². The number of hydrogen-bond acceptors (Lipinski definition) is 1. The predicted molar refractivity (Wildman–Crippen MR) is 142 cm³/mol. The molecule has 0 bridgehead atoms. The van der Waals surface area contributed by atoms with Crippen molar-refractivity contribution in [1.82, 2.24) is 4.90 Å². The van der Waals surface area contributed by atoms with Gasteiger partial charge < -0.3 is 4.90 Å². The zero-order chi connectivity index (χ0) is 21.3. The molecule has 0 unspecified atom stereocenters. The molecule has 1 aliphatic carbocycles. The van der Waals surface area contributed by atoms with Crippen LogP contribution in [0.3, 0.4) is 0 Å². The van der Waals surface area contributed by atoms with Crippen molar-refractivity contribution in [3.8, 4) is 0 Å². The summed E-state index contributed by atoms with van der Waals surface area (Å²) in [5, 5.41) is 0. The molecule has 2 aliphatic rings. The van der Waals surface area contributed by atoms with Crippen molar-refractivity contribution in [1.29, 1.82) is 0 Å². The van der Waals surface area contributed by atoms with Crippen LogP contribution >= 0.6 is 12.4 Å². The van der Waals surface area contributed by atoms with Gasteiger partial charge in [-0.25, -0.2) is 0 Å².